The lowest BCUT2D eigenvalue weighted by molar-refractivity contribution is -0.138. The van der Waals surface area contributed by atoms with Gasteiger partial charge in [0.1, 0.15) is 6.54 Å². The first-order chi connectivity index (χ1) is 15.1. The Morgan fingerprint density at radius 2 is 1.62 bits per heavy atom. The van der Waals surface area contributed by atoms with Crippen LogP contribution in [-0.4, -0.2) is 16.4 Å². The molecule has 0 unspecified atom stereocenters. The number of hydrogen-bond acceptors (Lipinski definition) is 3. The van der Waals surface area contributed by atoms with Gasteiger partial charge in [0.15, 0.2) is 0 Å². The number of anilines is 1. The van der Waals surface area contributed by atoms with Crippen molar-refractivity contribution in [3.05, 3.63) is 100.0 Å². The maximum absolute atomic E-state index is 12.9. The van der Waals surface area contributed by atoms with E-state index in [9.17, 15) is 27.6 Å². The highest BCUT2D eigenvalue weighted by molar-refractivity contribution is 6.03. The fourth-order valence-corrected chi connectivity index (χ4v) is 3.06. The molecule has 0 spiro atoms. The minimum Gasteiger partial charge on any atom is -0.345 e. The van der Waals surface area contributed by atoms with Gasteiger partial charge in [-0.1, -0.05) is 42.5 Å². The van der Waals surface area contributed by atoms with Crippen LogP contribution in [0.1, 0.15) is 34.5 Å². The average Bonchev–Trinajstić information content (AvgIpc) is 2.75. The van der Waals surface area contributed by atoms with E-state index >= 15 is 0 Å². The number of aromatic nitrogens is 1. The Balaban J connectivity index is 1.74. The predicted octanol–water partition coefficient (Wildman–Crippen LogP) is 4.00. The van der Waals surface area contributed by atoms with E-state index in [1.165, 1.54) is 12.1 Å². The van der Waals surface area contributed by atoms with Crippen molar-refractivity contribution in [3.8, 4) is 0 Å². The van der Waals surface area contributed by atoms with Gasteiger partial charge >= 0.3 is 6.18 Å². The highest BCUT2D eigenvalue weighted by atomic mass is 19.4. The lowest BCUT2D eigenvalue weighted by Gasteiger charge is -2.17. The summed E-state index contributed by atoms with van der Waals surface area (Å²) in [4.78, 5) is 37.1. The smallest absolute Gasteiger partial charge is 0.345 e. The Labute approximate surface area is 181 Å². The number of halogens is 3. The van der Waals surface area contributed by atoms with Crippen LogP contribution in [0.2, 0.25) is 0 Å². The van der Waals surface area contributed by atoms with Crippen LogP contribution in [0.15, 0.2) is 77.7 Å². The van der Waals surface area contributed by atoms with E-state index in [0.29, 0.717) is 16.8 Å². The molecule has 166 valence electrons. The fourth-order valence-electron chi connectivity index (χ4n) is 3.06. The van der Waals surface area contributed by atoms with Gasteiger partial charge in [0.2, 0.25) is 5.91 Å². The number of nitrogens with zero attached hydrogens (tertiary/aromatic N) is 1. The summed E-state index contributed by atoms with van der Waals surface area (Å²) in [6.07, 6.45) is -4.06. The number of rotatable bonds is 6. The highest BCUT2D eigenvalue weighted by Crippen LogP contribution is 2.28. The molecule has 1 heterocycles. The molecule has 0 bridgehead atoms. The summed E-state index contributed by atoms with van der Waals surface area (Å²) < 4.78 is 39.3. The monoisotopic (exact) mass is 443 g/mol. The minimum atomic E-state index is -4.65. The largest absolute Gasteiger partial charge is 0.417 e. The zero-order valence-corrected chi connectivity index (χ0v) is 17.0. The number of pyridine rings is 1. The maximum Gasteiger partial charge on any atom is 0.417 e. The van der Waals surface area contributed by atoms with Crippen molar-refractivity contribution < 1.29 is 22.8 Å². The quantitative estimate of drug-likeness (QED) is 0.605. The first kappa shape index (κ1) is 22.8. The Morgan fingerprint density at radius 1 is 0.969 bits per heavy atom. The molecular weight excluding hydrogens is 423 g/mol. The van der Waals surface area contributed by atoms with E-state index in [0.717, 1.165) is 11.6 Å². The number of amides is 2. The summed E-state index contributed by atoms with van der Waals surface area (Å²) in [7, 11) is 0. The molecule has 3 rings (SSSR count). The van der Waals surface area contributed by atoms with Crippen LogP contribution in [0.3, 0.4) is 0 Å². The van der Waals surface area contributed by atoms with E-state index in [4.69, 9.17) is 0 Å². The molecule has 0 saturated carbocycles. The van der Waals surface area contributed by atoms with Gasteiger partial charge in [0, 0.05) is 12.3 Å². The number of alkyl halides is 3. The van der Waals surface area contributed by atoms with Gasteiger partial charge in [-0.15, -0.1) is 0 Å². The molecule has 3 aromatic rings. The lowest BCUT2D eigenvalue weighted by atomic mass is 10.1. The van der Waals surface area contributed by atoms with E-state index in [1.807, 2.05) is 37.3 Å². The van der Waals surface area contributed by atoms with Gasteiger partial charge in [-0.05, 0) is 30.7 Å². The van der Waals surface area contributed by atoms with Crippen molar-refractivity contribution in [1.29, 1.82) is 0 Å². The summed E-state index contributed by atoms with van der Waals surface area (Å²) in [5.41, 5.74) is -0.544. The van der Waals surface area contributed by atoms with Gasteiger partial charge in [-0.3, -0.25) is 14.4 Å². The molecule has 2 aromatic carbocycles. The Hall–Kier alpha value is -3.88. The number of hydrogen-bond donors (Lipinski definition) is 2. The summed E-state index contributed by atoms with van der Waals surface area (Å²) >= 11 is 0. The Kier molecular flexibility index (Phi) is 6.77. The zero-order valence-electron chi connectivity index (χ0n) is 17.0. The van der Waals surface area contributed by atoms with Crippen molar-refractivity contribution in [2.45, 2.75) is 25.7 Å². The molecule has 0 fully saturated rings. The second kappa shape index (κ2) is 9.51. The average molecular weight is 443 g/mol. The topological polar surface area (TPSA) is 80.2 Å². The summed E-state index contributed by atoms with van der Waals surface area (Å²) in [5.74, 6) is -1.18. The lowest BCUT2D eigenvalue weighted by Crippen LogP contribution is -2.30. The first-order valence-corrected chi connectivity index (χ1v) is 9.67. The van der Waals surface area contributed by atoms with Crippen molar-refractivity contribution in [2.75, 3.05) is 5.32 Å². The van der Waals surface area contributed by atoms with E-state index in [2.05, 4.69) is 10.6 Å². The molecule has 2 amide bonds. The van der Waals surface area contributed by atoms with Crippen LogP contribution in [0.4, 0.5) is 18.9 Å². The zero-order chi connectivity index (χ0) is 23.3. The maximum atomic E-state index is 12.9. The second-order valence-corrected chi connectivity index (χ2v) is 7.08. The highest BCUT2D eigenvalue weighted by Gasteiger charge is 2.31. The van der Waals surface area contributed by atoms with Crippen molar-refractivity contribution in [2.24, 2.45) is 0 Å². The molecule has 0 saturated heterocycles. The number of benzene rings is 2. The SMILES string of the molecule is C[C@@H](NC(=O)c1ccccc1NC(=O)Cn1cc(C(F)(F)F)ccc1=O)c1ccccc1. The van der Waals surface area contributed by atoms with Crippen LogP contribution in [0.25, 0.3) is 0 Å². The van der Waals surface area contributed by atoms with E-state index < -0.39 is 35.7 Å². The molecule has 1 atom stereocenters. The third-order valence-corrected chi connectivity index (χ3v) is 4.72. The third-order valence-electron chi connectivity index (χ3n) is 4.72. The summed E-state index contributed by atoms with van der Waals surface area (Å²) in [5, 5.41) is 5.34. The van der Waals surface area contributed by atoms with Crippen LogP contribution in [0.5, 0.6) is 0 Å². The molecule has 32 heavy (non-hydrogen) atoms. The number of carbonyl (C=O) groups is 2. The number of nitrogens with one attached hydrogen (secondary N) is 2. The van der Waals surface area contributed by atoms with E-state index in [-0.39, 0.29) is 17.3 Å². The molecule has 0 radical (unpaired) electrons. The standard InChI is InChI=1S/C23H20F3N3O3/c1-15(16-7-3-2-4-8-16)27-22(32)18-9-5-6-10-19(18)28-20(30)14-29-13-17(23(24,25)26)11-12-21(29)31/h2-13,15H,14H2,1H3,(H,27,32)(H,28,30)/t15-/m1/s1. The summed E-state index contributed by atoms with van der Waals surface area (Å²) in [6, 6.07) is 16.6. The number of carbonyl (C=O) groups excluding carboxylic acids is 2. The van der Waals surface area contributed by atoms with Gasteiger partial charge in [0.05, 0.1) is 22.9 Å². The van der Waals surface area contributed by atoms with Crippen molar-refractivity contribution >= 4 is 17.5 Å². The van der Waals surface area contributed by atoms with Gasteiger partial charge in [-0.2, -0.15) is 13.2 Å². The Morgan fingerprint density at radius 3 is 2.31 bits per heavy atom. The second-order valence-electron chi connectivity index (χ2n) is 7.08. The molecule has 0 aliphatic rings. The van der Waals surface area contributed by atoms with Crippen molar-refractivity contribution in [3.63, 3.8) is 0 Å². The van der Waals surface area contributed by atoms with Crippen LogP contribution in [0, 0.1) is 0 Å². The van der Waals surface area contributed by atoms with Gasteiger partial charge in [0.25, 0.3) is 11.5 Å². The van der Waals surface area contributed by atoms with Gasteiger partial charge in [-0.25, -0.2) is 0 Å². The molecule has 0 aliphatic carbocycles. The molecule has 9 heteroatoms. The first-order valence-electron chi connectivity index (χ1n) is 9.67. The molecule has 2 N–H and O–H groups in total. The van der Waals surface area contributed by atoms with E-state index in [1.54, 1.807) is 12.1 Å². The van der Waals surface area contributed by atoms with Crippen LogP contribution >= 0.6 is 0 Å². The fraction of sp³-hybridized carbons (Fsp3) is 0.174. The molecule has 0 aliphatic heterocycles. The normalized spacial score (nSPS) is 12.1. The number of para-hydroxylation sites is 1. The van der Waals surface area contributed by atoms with Crippen LogP contribution < -0.4 is 16.2 Å². The Bertz CT molecular complexity index is 1170. The van der Waals surface area contributed by atoms with Gasteiger partial charge < -0.3 is 15.2 Å². The molecular formula is C23H20F3N3O3. The van der Waals surface area contributed by atoms with Crippen molar-refractivity contribution in [1.82, 2.24) is 9.88 Å². The minimum absolute atomic E-state index is 0.176. The molecule has 6 nitrogen and oxygen atoms in total. The summed E-state index contributed by atoms with van der Waals surface area (Å²) in [6.45, 7) is 1.17. The third kappa shape index (κ3) is 5.63. The molecule has 1 aromatic heterocycles. The van der Waals surface area contributed by atoms with Crippen LogP contribution in [-0.2, 0) is 17.5 Å². The predicted molar refractivity (Wildman–Crippen MR) is 113 cm³/mol.